The van der Waals surface area contributed by atoms with Gasteiger partial charge in [0.1, 0.15) is 5.75 Å². The van der Waals surface area contributed by atoms with Crippen molar-refractivity contribution in [1.82, 2.24) is 0 Å². The van der Waals surface area contributed by atoms with Gasteiger partial charge in [-0.1, -0.05) is 24.3 Å². The van der Waals surface area contributed by atoms with Crippen LogP contribution in [0.15, 0.2) is 48.5 Å². The predicted molar refractivity (Wildman–Crippen MR) is 87.4 cm³/mol. The van der Waals surface area contributed by atoms with Crippen LogP contribution < -0.4 is 15.4 Å². The molecule has 0 unspecified atom stereocenters. The molecule has 5 nitrogen and oxygen atoms in total. The molecule has 0 spiro atoms. The van der Waals surface area contributed by atoms with E-state index in [-0.39, 0.29) is 12.5 Å². The molecule has 0 atom stereocenters. The minimum absolute atomic E-state index is 0.0855. The normalized spacial score (nSPS) is 9.64. The number of para-hydroxylation sites is 1. The number of amides is 1. The van der Waals surface area contributed by atoms with Gasteiger partial charge in [0.15, 0.2) is 12.3 Å². The van der Waals surface area contributed by atoms with Gasteiger partial charge in [-0.05, 0) is 31.2 Å². The lowest BCUT2D eigenvalue weighted by Crippen LogP contribution is -2.20. The average Bonchev–Trinajstić information content (AvgIpc) is 2.55. The first-order valence-electron chi connectivity index (χ1n) is 6.96. The van der Waals surface area contributed by atoms with Gasteiger partial charge in [-0.15, -0.1) is 0 Å². The lowest BCUT2D eigenvalue weighted by Gasteiger charge is -2.13. The molecular formula is C17H17N3O2. The summed E-state index contributed by atoms with van der Waals surface area (Å²) in [4.78, 5) is 15.4. The second-order valence-corrected chi connectivity index (χ2v) is 4.52. The van der Waals surface area contributed by atoms with E-state index in [1.54, 1.807) is 30.3 Å². The zero-order valence-corrected chi connectivity index (χ0v) is 12.3. The minimum Gasteiger partial charge on any atom is -0.484 e. The maximum Gasteiger partial charge on any atom is 0.262 e. The summed E-state index contributed by atoms with van der Waals surface area (Å²) < 4.78 is 5.40. The molecule has 0 aliphatic heterocycles. The molecule has 2 aromatic carbocycles. The highest BCUT2D eigenvalue weighted by atomic mass is 16.5. The summed E-state index contributed by atoms with van der Waals surface area (Å²) in [5, 5.41) is 5.92. The molecule has 0 fully saturated rings. The van der Waals surface area contributed by atoms with Crippen LogP contribution in [0.3, 0.4) is 0 Å². The molecule has 2 N–H and O–H groups in total. The molecule has 1 amide bonds. The Hall–Kier alpha value is -3.00. The van der Waals surface area contributed by atoms with E-state index in [1.165, 1.54) is 0 Å². The molecule has 5 heteroatoms. The summed E-state index contributed by atoms with van der Waals surface area (Å²) in [6.07, 6.45) is 0. The first kappa shape index (κ1) is 15.4. The third-order valence-corrected chi connectivity index (χ3v) is 2.89. The standard InChI is InChI=1S/C17H17N3O2/c1-3-19-15-10-9-13(18-2)11-16(15)20-17(21)12-22-14-7-5-4-6-8-14/h4-11,19H,3,12H2,1H3,(H,20,21). The highest BCUT2D eigenvalue weighted by molar-refractivity contribution is 5.96. The molecule has 0 bridgehead atoms. The van der Waals surface area contributed by atoms with Crippen LogP contribution >= 0.6 is 0 Å². The van der Waals surface area contributed by atoms with Gasteiger partial charge in [0.05, 0.1) is 17.9 Å². The molecule has 0 radical (unpaired) electrons. The SMILES string of the molecule is [C-]#[N+]c1ccc(NCC)c(NC(=O)COc2ccccc2)c1. The first-order valence-corrected chi connectivity index (χ1v) is 6.96. The molecular weight excluding hydrogens is 278 g/mol. The number of nitrogens with zero attached hydrogens (tertiary/aromatic N) is 1. The van der Waals surface area contributed by atoms with Crippen molar-refractivity contribution in [2.24, 2.45) is 0 Å². The minimum atomic E-state index is -0.273. The summed E-state index contributed by atoms with van der Waals surface area (Å²) in [5.74, 6) is 0.365. The third-order valence-electron chi connectivity index (χ3n) is 2.89. The summed E-state index contributed by atoms with van der Waals surface area (Å²) in [6, 6.07) is 14.3. The van der Waals surface area contributed by atoms with Crippen molar-refractivity contribution in [1.29, 1.82) is 0 Å². The van der Waals surface area contributed by atoms with Crippen molar-refractivity contribution in [2.45, 2.75) is 6.92 Å². The zero-order valence-electron chi connectivity index (χ0n) is 12.3. The van der Waals surface area contributed by atoms with Gasteiger partial charge in [-0.25, -0.2) is 4.85 Å². The van der Waals surface area contributed by atoms with Gasteiger partial charge >= 0.3 is 0 Å². The van der Waals surface area contributed by atoms with Gasteiger partial charge in [-0.2, -0.15) is 0 Å². The quantitative estimate of drug-likeness (QED) is 0.799. The first-order chi connectivity index (χ1) is 10.7. The molecule has 2 aromatic rings. The van der Waals surface area contributed by atoms with Crippen molar-refractivity contribution in [3.05, 3.63) is 59.9 Å². The largest absolute Gasteiger partial charge is 0.484 e. The molecule has 0 aliphatic carbocycles. The molecule has 0 heterocycles. The Bertz CT molecular complexity index is 678. The highest BCUT2D eigenvalue weighted by Gasteiger charge is 2.08. The number of nitrogens with one attached hydrogen (secondary N) is 2. The topological polar surface area (TPSA) is 54.7 Å². The van der Waals surface area contributed by atoms with Crippen LogP contribution in [0.4, 0.5) is 17.1 Å². The van der Waals surface area contributed by atoms with Crippen LogP contribution in [-0.2, 0) is 4.79 Å². The van der Waals surface area contributed by atoms with Crippen molar-refractivity contribution >= 4 is 23.0 Å². The predicted octanol–water partition coefficient (Wildman–Crippen LogP) is 3.69. The second-order valence-electron chi connectivity index (χ2n) is 4.52. The van der Waals surface area contributed by atoms with Gasteiger partial charge < -0.3 is 15.4 Å². The maximum absolute atomic E-state index is 12.0. The van der Waals surface area contributed by atoms with Crippen molar-refractivity contribution < 1.29 is 9.53 Å². The van der Waals surface area contributed by atoms with E-state index >= 15 is 0 Å². The number of carbonyl (C=O) groups excluding carboxylic acids is 1. The van der Waals surface area contributed by atoms with E-state index < -0.39 is 0 Å². The third kappa shape index (κ3) is 4.25. The lowest BCUT2D eigenvalue weighted by atomic mass is 10.2. The number of ether oxygens (including phenoxy) is 1. The van der Waals surface area contributed by atoms with Crippen LogP contribution in [0.5, 0.6) is 5.75 Å². The van der Waals surface area contributed by atoms with E-state index in [4.69, 9.17) is 11.3 Å². The number of hydrogen-bond donors (Lipinski definition) is 2. The molecule has 0 aromatic heterocycles. The number of benzene rings is 2. The number of anilines is 2. The fraction of sp³-hybridized carbons (Fsp3) is 0.176. The van der Waals surface area contributed by atoms with E-state index in [0.29, 0.717) is 17.1 Å². The zero-order chi connectivity index (χ0) is 15.8. The summed E-state index contributed by atoms with van der Waals surface area (Å²) in [5.41, 5.74) is 1.83. The van der Waals surface area contributed by atoms with E-state index in [1.807, 2.05) is 25.1 Å². The van der Waals surface area contributed by atoms with E-state index in [0.717, 1.165) is 12.2 Å². The van der Waals surface area contributed by atoms with Gasteiger partial charge in [0, 0.05) is 6.54 Å². The Morgan fingerprint density at radius 3 is 2.64 bits per heavy atom. The molecule has 0 aliphatic rings. The summed E-state index contributed by atoms with van der Waals surface area (Å²) in [6.45, 7) is 9.66. The number of rotatable bonds is 6. The van der Waals surface area contributed by atoms with E-state index in [9.17, 15) is 4.79 Å². The second kappa shape index (κ2) is 7.70. The molecule has 2 rings (SSSR count). The molecule has 0 saturated heterocycles. The maximum atomic E-state index is 12.0. The number of hydrogen-bond acceptors (Lipinski definition) is 3. The van der Waals surface area contributed by atoms with Crippen molar-refractivity contribution in [3.63, 3.8) is 0 Å². The Morgan fingerprint density at radius 2 is 1.95 bits per heavy atom. The Morgan fingerprint density at radius 1 is 1.18 bits per heavy atom. The Balaban J connectivity index is 2.02. The number of carbonyl (C=O) groups is 1. The smallest absolute Gasteiger partial charge is 0.262 e. The highest BCUT2D eigenvalue weighted by Crippen LogP contribution is 2.27. The Labute approximate surface area is 129 Å². The van der Waals surface area contributed by atoms with Crippen molar-refractivity contribution in [3.8, 4) is 5.75 Å². The molecule has 0 saturated carbocycles. The Kier molecular flexibility index (Phi) is 5.38. The van der Waals surface area contributed by atoms with Gasteiger partial charge in [0.25, 0.3) is 5.91 Å². The van der Waals surface area contributed by atoms with Crippen molar-refractivity contribution in [2.75, 3.05) is 23.8 Å². The van der Waals surface area contributed by atoms with Crippen LogP contribution in [0, 0.1) is 6.57 Å². The monoisotopic (exact) mass is 295 g/mol. The van der Waals surface area contributed by atoms with Crippen LogP contribution in [0.25, 0.3) is 4.85 Å². The summed E-state index contributed by atoms with van der Waals surface area (Å²) >= 11 is 0. The van der Waals surface area contributed by atoms with Crippen LogP contribution in [0.1, 0.15) is 6.92 Å². The van der Waals surface area contributed by atoms with Gasteiger partial charge in [-0.3, -0.25) is 4.79 Å². The van der Waals surface area contributed by atoms with Gasteiger partial charge in [0.2, 0.25) is 0 Å². The molecule has 22 heavy (non-hydrogen) atoms. The summed E-state index contributed by atoms with van der Waals surface area (Å²) in [7, 11) is 0. The fourth-order valence-corrected chi connectivity index (χ4v) is 1.90. The molecule has 112 valence electrons. The van der Waals surface area contributed by atoms with Crippen LogP contribution in [0.2, 0.25) is 0 Å². The lowest BCUT2D eigenvalue weighted by molar-refractivity contribution is -0.118. The van der Waals surface area contributed by atoms with Crippen LogP contribution in [-0.4, -0.2) is 19.1 Å². The average molecular weight is 295 g/mol. The fourth-order valence-electron chi connectivity index (χ4n) is 1.90. The van der Waals surface area contributed by atoms with E-state index in [2.05, 4.69) is 15.5 Å².